The van der Waals surface area contributed by atoms with Gasteiger partial charge in [0.15, 0.2) is 0 Å². The molecule has 0 bridgehead atoms. The summed E-state index contributed by atoms with van der Waals surface area (Å²) in [5.74, 6) is 5.72. The molecule has 2 rings (SSSR count). The van der Waals surface area contributed by atoms with Crippen molar-refractivity contribution in [3.8, 4) is 11.8 Å². The number of benzene rings is 1. The minimum Gasteiger partial charge on any atom is -0.384 e. The van der Waals surface area contributed by atoms with Gasteiger partial charge in [-0.25, -0.2) is 0 Å². The van der Waals surface area contributed by atoms with Crippen molar-refractivity contribution >= 4 is 11.6 Å². The second-order valence-electron chi connectivity index (χ2n) is 4.33. The summed E-state index contributed by atoms with van der Waals surface area (Å²) < 4.78 is 0. The van der Waals surface area contributed by atoms with Crippen LogP contribution in [0, 0.1) is 11.8 Å². The molecule has 3 heteroatoms. The van der Waals surface area contributed by atoms with E-state index in [1.807, 2.05) is 29.2 Å². The molecule has 0 saturated carbocycles. The molecule has 18 heavy (non-hydrogen) atoms. The first kappa shape index (κ1) is 12.7. The summed E-state index contributed by atoms with van der Waals surface area (Å²) in [4.78, 5) is 13.9. The van der Waals surface area contributed by atoms with E-state index in [1.165, 1.54) is 0 Å². The molecule has 1 amide bonds. The molecule has 0 aromatic heterocycles. The van der Waals surface area contributed by atoms with Crippen LogP contribution in [-0.2, 0) is 4.79 Å². The van der Waals surface area contributed by atoms with E-state index in [-0.39, 0.29) is 12.5 Å². The molecule has 94 valence electrons. The maximum Gasteiger partial charge on any atom is 0.227 e. The van der Waals surface area contributed by atoms with E-state index in [4.69, 9.17) is 5.11 Å². The summed E-state index contributed by atoms with van der Waals surface area (Å²) in [5.41, 5.74) is 1.67. The van der Waals surface area contributed by atoms with E-state index in [2.05, 4.69) is 11.8 Å². The topological polar surface area (TPSA) is 40.5 Å². The van der Waals surface area contributed by atoms with Crippen LogP contribution < -0.4 is 4.90 Å². The summed E-state index contributed by atoms with van der Waals surface area (Å²) in [6, 6.07) is 7.62. The number of carbonyl (C=O) groups is 1. The number of rotatable bonds is 1. The van der Waals surface area contributed by atoms with Crippen LogP contribution in [0.3, 0.4) is 0 Å². The molecule has 0 radical (unpaired) electrons. The minimum atomic E-state index is -0.164. The summed E-state index contributed by atoms with van der Waals surface area (Å²) in [6.45, 7) is 0.596. The summed E-state index contributed by atoms with van der Waals surface area (Å²) >= 11 is 0. The van der Waals surface area contributed by atoms with E-state index in [9.17, 15) is 4.79 Å². The fourth-order valence-corrected chi connectivity index (χ4v) is 2.19. The van der Waals surface area contributed by atoms with Gasteiger partial charge in [0.05, 0.1) is 5.69 Å². The van der Waals surface area contributed by atoms with Crippen molar-refractivity contribution < 1.29 is 9.90 Å². The molecular formula is C15H17NO2. The highest BCUT2D eigenvalue weighted by Crippen LogP contribution is 2.23. The Morgan fingerprint density at radius 3 is 2.89 bits per heavy atom. The van der Waals surface area contributed by atoms with Crippen LogP contribution >= 0.6 is 0 Å². The molecule has 0 atom stereocenters. The van der Waals surface area contributed by atoms with Gasteiger partial charge in [-0.15, -0.1) is 0 Å². The quantitative estimate of drug-likeness (QED) is 0.766. The van der Waals surface area contributed by atoms with Crippen LogP contribution in [0.4, 0.5) is 5.69 Å². The van der Waals surface area contributed by atoms with E-state index in [0.717, 1.165) is 37.1 Å². The van der Waals surface area contributed by atoms with Crippen LogP contribution in [0.1, 0.15) is 31.2 Å². The lowest BCUT2D eigenvalue weighted by Crippen LogP contribution is -2.30. The van der Waals surface area contributed by atoms with Gasteiger partial charge in [0, 0.05) is 18.5 Å². The number of aliphatic hydroxyl groups is 1. The average molecular weight is 243 g/mol. The first-order valence-electron chi connectivity index (χ1n) is 6.32. The lowest BCUT2D eigenvalue weighted by atomic mass is 10.1. The summed E-state index contributed by atoms with van der Waals surface area (Å²) in [7, 11) is 0. The zero-order valence-corrected chi connectivity index (χ0v) is 10.4. The number of anilines is 1. The third-order valence-corrected chi connectivity index (χ3v) is 3.07. The van der Waals surface area contributed by atoms with Gasteiger partial charge in [0.2, 0.25) is 5.91 Å². The molecular weight excluding hydrogens is 226 g/mol. The molecule has 1 fully saturated rings. The van der Waals surface area contributed by atoms with Crippen molar-refractivity contribution in [2.45, 2.75) is 25.7 Å². The molecule has 1 N–H and O–H groups in total. The Morgan fingerprint density at radius 2 is 2.06 bits per heavy atom. The predicted molar refractivity (Wildman–Crippen MR) is 71.2 cm³/mol. The Labute approximate surface area is 107 Å². The third kappa shape index (κ3) is 2.91. The lowest BCUT2D eigenvalue weighted by molar-refractivity contribution is -0.118. The van der Waals surface area contributed by atoms with Gasteiger partial charge in [-0.05, 0) is 25.0 Å². The molecule has 0 spiro atoms. The van der Waals surface area contributed by atoms with Gasteiger partial charge in [-0.1, -0.05) is 30.4 Å². The largest absolute Gasteiger partial charge is 0.384 e. The number of para-hydroxylation sites is 1. The number of nitrogens with zero attached hydrogens (tertiary/aromatic N) is 1. The molecule has 3 nitrogen and oxygen atoms in total. The maximum absolute atomic E-state index is 12.1. The van der Waals surface area contributed by atoms with Crippen molar-refractivity contribution in [1.29, 1.82) is 0 Å². The van der Waals surface area contributed by atoms with Crippen LogP contribution in [-0.4, -0.2) is 24.2 Å². The highest BCUT2D eigenvalue weighted by Gasteiger charge is 2.19. The van der Waals surface area contributed by atoms with Gasteiger partial charge in [-0.3, -0.25) is 4.79 Å². The van der Waals surface area contributed by atoms with Crippen molar-refractivity contribution in [2.75, 3.05) is 18.1 Å². The highest BCUT2D eigenvalue weighted by molar-refractivity contribution is 5.94. The van der Waals surface area contributed by atoms with Crippen LogP contribution in [0.5, 0.6) is 0 Å². The Kier molecular flexibility index (Phi) is 4.38. The zero-order chi connectivity index (χ0) is 12.8. The normalized spacial score (nSPS) is 15.8. The third-order valence-electron chi connectivity index (χ3n) is 3.07. The van der Waals surface area contributed by atoms with Crippen molar-refractivity contribution in [2.24, 2.45) is 0 Å². The fourth-order valence-electron chi connectivity index (χ4n) is 2.19. The number of amides is 1. The first-order chi connectivity index (χ1) is 8.83. The number of hydrogen-bond acceptors (Lipinski definition) is 2. The molecule has 1 aliphatic heterocycles. The fraction of sp³-hybridized carbons (Fsp3) is 0.400. The van der Waals surface area contributed by atoms with E-state index >= 15 is 0 Å². The maximum atomic E-state index is 12.1. The van der Waals surface area contributed by atoms with Crippen molar-refractivity contribution in [1.82, 2.24) is 0 Å². The smallest absolute Gasteiger partial charge is 0.227 e. The van der Waals surface area contributed by atoms with Crippen LogP contribution in [0.2, 0.25) is 0 Å². The molecule has 0 aliphatic carbocycles. The average Bonchev–Trinajstić information content (AvgIpc) is 2.61. The van der Waals surface area contributed by atoms with Crippen molar-refractivity contribution in [3.63, 3.8) is 0 Å². The standard InChI is InChI=1S/C15H17NO2/c17-12-6-8-13-7-3-4-9-14(13)16-11-5-1-2-10-15(16)18/h3-4,7,9,17H,1-2,5,10-12H2. The number of aliphatic hydroxyl groups excluding tert-OH is 1. The predicted octanol–water partition coefficient (Wildman–Crippen LogP) is 1.94. The highest BCUT2D eigenvalue weighted by atomic mass is 16.2. The Hall–Kier alpha value is -1.79. The molecule has 1 aromatic carbocycles. The van der Waals surface area contributed by atoms with E-state index < -0.39 is 0 Å². The minimum absolute atomic E-state index is 0.164. The number of carbonyl (C=O) groups excluding carboxylic acids is 1. The van der Waals surface area contributed by atoms with Gasteiger partial charge in [0.1, 0.15) is 6.61 Å². The Balaban J connectivity index is 2.33. The van der Waals surface area contributed by atoms with E-state index in [1.54, 1.807) is 0 Å². The van der Waals surface area contributed by atoms with Gasteiger partial charge in [0.25, 0.3) is 0 Å². The monoisotopic (exact) mass is 243 g/mol. The Bertz CT molecular complexity index is 485. The van der Waals surface area contributed by atoms with Crippen molar-refractivity contribution in [3.05, 3.63) is 29.8 Å². The number of hydrogen-bond donors (Lipinski definition) is 1. The summed E-state index contributed by atoms with van der Waals surface area (Å²) in [6.07, 6.45) is 3.72. The van der Waals surface area contributed by atoms with Gasteiger partial charge >= 0.3 is 0 Å². The van der Waals surface area contributed by atoms with Gasteiger partial charge < -0.3 is 10.0 Å². The first-order valence-corrected chi connectivity index (χ1v) is 6.32. The lowest BCUT2D eigenvalue weighted by Gasteiger charge is -2.22. The molecule has 1 aliphatic rings. The molecule has 1 aromatic rings. The SMILES string of the molecule is O=C1CCCCCN1c1ccccc1C#CCO. The second kappa shape index (κ2) is 6.23. The Morgan fingerprint density at radius 1 is 1.22 bits per heavy atom. The molecule has 1 heterocycles. The van der Waals surface area contributed by atoms with E-state index in [0.29, 0.717) is 6.42 Å². The van der Waals surface area contributed by atoms with Gasteiger partial charge in [-0.2, -0.15) is 0 Å². The van der Waals surface area contributed by atoms with Crippen LogP contribution in [0.25, 0.3) is 0 Å². The molecule has 0 unspecified atom stereocenters. The second-order valence-corrected chi connectivity index (χ2v) is 4.33. The zero-order valence-electron chi connectivity index (χ0n) is 10.4. The summed E-state index contributed by atoms with van der Waals surface area (Å²) in [5, 5.41) is 8.77. The molecule has 1 saturated heterocycles. The van der Waals surface area contributed by atoms with Crippen LogP contribution in [0.15, 0.2) is 24.3 Å².